The van der Waals surface area contributed by atoms with Crippen LogP contribution in [0.5, 0.6) is 0 Å². The molecule has 1 saturated carbocycles. The fourth-order valence-electron chi connectivity index (χ4n) is 4.39. The van der Waals surface area contributed by atoms with Crippen LogP contribution in [-0.2, 0) is 9.53 Å². The molecule has 3 fully saturated rings. The zero-order valence-corrected chi connectivity index (χ0v) is 15.3. The summed E-state index contributed by atoms with van der Waals surface area (Å²) in [4.78, 5) is 30.0. The summed E-state index contributed by atoms with van der Waals surface area (Å²) >= 11 is 0. The predicted octanol–water partition coefficient (Wildman–Crippen LogP) is 1.81. The number of benzene rings is 1. The van der Waals surface area contributed by atoms with E-state index in [0.717, 1.165) is 23.9 Å². The molecule has 1 N–H and O–H groups in total. The van der Waals surface area contributed by atoms with Crippen molar-refractivity contribution in [1.82, 2.24) is 20.0 Å². The molecule has 2 aliphatic heterocycles. The number of para-hydroxylation sites is 1. The van der Waals surface area contributed by atoms with Crippen LogP contribution in [0.4, 0.5) is 0 Å². The molecule has 7 heteroatoms. The molecule has 27 heavy (non-hydrogen) atoms. The molecular weight excluding hydrogens is 344 g/mol. The maximum Gasteiger partial charge on any atom is 0.275 e. The lowest BCUT2D eigenvalue weighted by Gasteiger charge is -2.40. The Morgan fingerprint density at radius 1 is 1.33 bits per heavy atom. The Labute approximate surface area is 157 Å². The highest BCUT2D eigenvalue weighted by Gasteiger charge is 2.48. The third-order valence-electron chi connectivity index (χ3n) is 6.13. The van der Waals surface area contributed by atoms with Crippen LogP contribution in [-0.4, -0.2) is 70.2 Å². The van der Waals surface area contributed by atoms with Crippen molar-refractivity contribution in [3.05, 3.63) is 30.0 Å². The summed E-state index contributed by atoms with van der Waals surface area (Å²) in [6.07, 6.45) is 3.55. The Balaban J connectivity index is 1.46. The number of carbonyl (C=O) groups is 2. The molecule has 142 valence electrons. The summed E-state index contributed by atoms with van der Waals surface area (Å²) in [7, 11) is 0. The highest BCUT2D eigenvalue weighted by Crippen LogP contribution is 2.37. The number of carbonyl (C=O) groups excluding carboxylic acids is 2. The first kappa shape index (κ1) is 16.7. The number of hydrogen-bond donors (Lipinski definition) is 1. The first-order valence-corrected chi connectivity index (χ1v) is 9.77. The molecule has 1 atom stereocenters. The Hall–Kier alpha value is -2.41. The summed E-state index contributed by atoms with van der Waals surface area (Å²) in [5, 5.41) is 8.03. The predicted molar refractivity (Wildman–Crippen MR) is 99.2 cm³/mol. The zero-order valence-electron chi connectivity index (χ0n) is 15.3. The molecule has 3 heterocycles. The van der Waals surface area contributed by atoms with Gasteiger partial charge < -0.3 is 14.5 Å². The van der Waals surface area contributed by atoms with Crippen molar-refractivity contribution in [3.8, 4) is 0 Å². The van der Waals surface area contributed by atoms with E-state index in [4.69, 9.17) is 4.74 Å². The molecule has 2 aromatic rings. The SMILES string of the molecule is O=C(c1n[nH]c2ccccc12)N1CCC(=O)N(CC2CC2)C2(CCOC2)C1. The van der Waals surface area contributed by atoms with Gasteiger partial charge in [0.05, 0.1) is 17.7 Å². The van der Waals surface area contributed by atoms with E-state index in [2.05, 4.69) is 10.2 Å². The van der Waals surface area contributed by atoms with Crippen molar-refractivity contribution in [2.24, 2.45) is 5.92 Å². The minimum Gasteiger partial charge on any atom is -0.379 e. The Kier molecular flexibility index (Phi) is 3.93. The highest BCUT2D eigenvalue weighted by atomic mass is 16.5. The third kappa shape index (κ3) is 2.90. The number of amides is 2. The van der Waals surface area contributed by atoms with E-state index < -0.39 is 5.54 Å². The summed E-state index contributed by atoms with van der Waals surface area (Å²) in [5.74, 6) is 0.651. The average Bonchev–Trinajstić information content (AvgIpc) is 3.25. The van der Waals surface area contributed by atoms with E-state index in [1.807, 2.05) is 34.1 Å². The van der Waals surface area contributed by atoms with E-state index in [9.17, 15) is 9.59 Å². The van der Waals surface area contributed by atoms with Gasteiger partial charge in [-0.1, -0.05) is 18.2 Å². The van der Waals surface area contributed by atoms with Gasteiger partial charge in [0.2, 0.25) is 5.91 Å². The van der Waals surface area contributed by atoms with E-state index >= 15 is 0 Å². The van der Waals surface area contributed by atoms with Gasteiger partial charge in [-0.05, 0) is 31.2 Å². The normalized spacial score (nSPS) is 26.1. The highest BCUT2D eigenvalue weighted by molar-refractivity contribution is 6.04. The second-order valence-electron chi connectivity index (χ2n) is 8.07. The van der Waals surface area contributed by atoms with E-state index in [0.29, 0.717) is 44.3 Å². The second-order valence-corrected chi connectivity index (χ2v) is 8.07. The maximum absolute atomic E-state index is 13.3. The second kappa shape index (κ2) is 6.34. The minimum absolute atomic E-state index is 0.111. The number of nitrogens with zero attached hydrogens (tertiary/aromatic N) is 3. The Morgan fingerprint density at radius 2 is 2.19 bits per heavy atom. The number of H-pyrrole nitrogens is 1. The molecule has 1 aromatic heterocycles. The van der Waals surface area contributed by atoms with Crippen molar-refractivity contribution >= 4 is 22.7 Å². The standard InChI is InChI=1S/C20H24N4O3/c25-17-7-9-23(19(26)18-15-3-1-2-4-16(15)21-22-18)12-20(8-10-27-13-20)24(17)11-14-5-6-14/h1-4,14H,5-13H2,(H,21,22). The fraction of sp³-hybridized carbons (Fsp3) is 0.550. The molecule has 1 unspecified atom stereocenters. The summed E-state index contributed by atoms with van der Waals surface area (Å²) in [5.41, 5.74) is 0.890. The molecule has 7 nitrogen and oxygen atoms in total. The summed E-state index contributed by atoms with van der Waals surface area (Å²) < 4.78 is 5.71. The molecule has 3 aliphatic rings. The topological polar surface area (TPSA) is 78.5 Å². The molecule has 1 aliphatic carbocycles. The van der Waals surface area contributed by atoms with Crippen LogP contribution in [0.15, 0.2) is 24.3 Å². The van der Waals surface area contributed by atoms with Crippen LogP contribution in [0, 0.1) is 5.92 Å². The Bertz CT molecular complexity index is 882. The van der Waals surface area contributed by atoms with E-state index in [1.165, 1.54) is 12.8 Å². The van der Waals surface area contributed by atoms with Crippen LogP contribution >= 0.6 is 0 Å². The van der Waals surface area contributed by atoms with Gasteiger partial charge in [-0.2, -0.15) is 5.10 Å². The van der Waals surface area contributed by atoms with Crippen molar-refractivity contribution < 1.29 is 14.3 Å². The molecule has 2 amide bonds. The number of aromatic nitrogens is 2. The molecule has 1 spiro atoms. The van der Waals surface area contributed by atoms with Gasteiger partial charge in [0.25, 0.3) is 5.91 Å². The van der Waals surface area contributed by atoms with Gasteiger partial charge in [-0.3, -0.25) is 14.7 Å². The van der Waals surface area contributed by atoms with E-state index in [1.54, 1.807) is 0 Å². The van der Waals surface area contributed by atoms with Gasteiger partial charge in [-0.25, -0.2) is 0 Å². The molecule has 1 aromatic carbocycles. The van der Waals surface area contributed by atoms with Crippen molar-refractivity contribution in [2.45, 2.75) is 31.2 Å². The van der Waals surface area contributed by atoms with Gasteiger partial charge >= 0.3 is 0 Å². The maximum atomic E-state index is 13.3. The lowest BCUT2D eigenvalue weighted by atomic mass is 9.94. The number of aromatic amines is 1. The van der Waals surface area contributed by atoms with Crippen LogP contribution in [0.1, 0.15) is 36.2 Å². The van der Waals surface area contributed by atoms with Crippen LogP contribution in [0.2, 0.25) is 0 Å². The molecule has 0 bridgehead atoms. The van der Waals surface area contributed by atoms with Crippen LogP contribution in [0.3, 0.4) is 0 Å². The smallest absolute Gasteiger partial charge is 0.275 e. The van der Waals surface area contributed by atoms with E-state index in [-0.39, 0.29) is 11.8 Å². The number of rotatable bonds is 3. The number of nitrogens with one attached hydrogen (secondary N) is 1. The lowest BCUT2D eigenvalue weighted by Crippen LogP contribution is -2.57. The molecular formula is C20H24N4O3. The first-order valence-electron chi connectivity index (χ1n) is 9.77. The fourth-order valence-corrected chi connectivity index (χ4v) is 4.39. The van der Waals surface area contributed by atoms with Crippen LogP contribution in [0.25, 0.3) is 10.9 Å². The third-order valence-corrected chi connectivity index (χ3v) is 6.13. The average molecular weight is 368 g/mol. The lowest BCUT2D eigenvalue weighted by molar-refractivity contribution is -0.136. The minimum atomic E-state index is -0.391. The largest absolute Gasteiger partial charge is 0.379 e. The summed E-state index contributed by atoms with van der Waals surface area (Å²) in [6.45, 7) is 2.90. The van der Waals surface area contributed by atoms with Crippen molar-refractivity contribution in [3.63, 3.8) is 0 Å². The molecule has 5 rings (SSSR count). The Morgan fingerprint density at radius 3 is 2.96 bits per heavy atom. The number of hydrogen-bond acceptors (Lipinski definition) is 4. The molecule has 0 radical (unpaired) electrons. The number of fused-ring (bicyclic) bond motifs is 1. The van der Waals surface area contributed by atoms with Gasteiger partial charge in [0, 0.05) is 38.0 Å². The van der Waals surface area contributed by atoms with Gasteiger partial charge in [0.15, 0.2) is 5.69 Å². The van der Waals surface area contributed by atoms with Gasteiger partial charge in [0.1, 0.15) is 0 Å². The number of ether oxygens (including phenoxy) is 1. The summed E-state index contributed by atoms with van der Waals surface area (Å²) in [6, 6.07) is 7.64. The van der Waals surface area contributed by atoms with Crippen molar-refractivity contribution in [2.75, 3.05) is 32.8 Å². The first-order chi connectivity index (χ1) is 13.2. The van der Waals surface area contributed by atoms with Gasteiger partial charge in [-0.15, -0.1) is 0 Å². The molecule has 2 saturated heterocycles. The van der Waals surface area contributed by atoms with Crippen molar-refractivity contribution in [1.29, 1.82) is 0 Å². The monoisotopic (exact) mass is 368 g/mol. The van der Waals surface area contributed by atoms with Crippen LogP contribution < -0.4 is 0 Å². The quantitative estimate of drug-likeness (QED) is 0.896. The zero-order chi connectivity index (χ0) is 18.4.